The molecule has 0 atom stereocenters. The van der Waals surface area contributed by atoms with E-state index in [-0.39, 0.29) is 23.8 Å². The first-order chi connectivity index (χ1) is 16.1. The second-order valence-corrected chi connectivity index (χ2v) is 9.29. The molecule has 2 aromatic carbocycles. The van der Waals surface area contributed by atoms with Crippen LogP contribution in [-0.4, -0.2) is 33.9 Å². The van der Waals surface area contributed by atoms with Gasteiger partial charge in [0.15, 0.2) is 0 Å². The number of benzene rings is 2. The molecule has 34 heavy (non-hydrogen) atoms. The van der Waals surface area contributed by atoms with E-state index < -0.39 is 11.8 Å². The van der Waals surface area contributed by atoms with Crippen molar-refractivity contribution in [3.63, 3.8) is 0 Å². The van der Waals surface area contributed by atoms with Crippen LogP contribution in [0.25, 0.3) is 11.3 Å². The maximum Gasteiger partial charge on any atom is 0.259 e. The molecule has 0 saturated carbocycles. The summed E-state index contributed by atoms with van der Waals surface area (Å²) in [5.41, 5.74) is 2.65. The fourth-order valence-corrected chi connectivity index (χ4v) is 4.04. The van der Waals surface area contributed by atoms with Gasteiger partial charge in [-0.1, -0.05) is 55.2 Å². The molecule has 178 valence electrons. The van der Waals surface area contributed by atoms with Crippen molar-refractivity contribution in [3.05, 3.63) is 69.3 Å². The van der Waals surface area contributed by atoms with E-state index >= 15 is 0 Å². The molecule has 0 unspecified atom stereocenters. The van der Waals surface area contributed by atoms with Crippen molar-refractivity contribution < 1.29 is 14.4 Å². The standard InChI is InChI=1S/C25H26Cl2N4O3/c1-14(2)13-31-23(18-7-5-6-8-21(18)27)20(12-29-31)25(34)30-22-15(3)9-17(26)10-19(22)24(33)28-11-16(4)32/h5-10,12,14H,11,13H2,1-4H3,(H,28,33)(H,30,34). The molecule has 0 aliphatic heterocycles. The highest BCUT2D eigenvalue weighted by Crippen LogP contribution is 2.32. The monoisotopic (exact) mass is 500 g/mol. The maximum atomic E-state index is 13.5. The summed E-state index contributed by atoms with van der Waals surface area (Å²) in [6.07, 6.45) is 1.50. The molecular formula is C25H26Cl2N4O3. The van der Waals surface area contributed by atoms with Crippen LogP contribution < -0.4 is 10.6 Å². The van der Waals surface area contributed by atoms with Crippen LogP contribution >= 0.6 is 23.2 Å². The van der Waals surface area contributed by atoms with E-state index in [0.717, 1.165) is 0 Å². The smallest absolute Gasteiger partial charge is 0.259 e. The molecular weight excluding hydrogens is 475 g/mol. The summed E-state index contributed by atoms with van der Waals surface area (Å²) in [5, 5.41) is 10.7. The third kappa shape index (κ3) is 5.85. The second-order valence-electron chi connectivity index (χ2n) is 8.45. The molecule has 0 fully saturated rings. The summed E-state index contributed by atoms with van der Waals surface area (Å²) in [5.74, 6) is -0.874. The van der Waals surface area contributed by atoms with Gasteiger partial charge in [0.2, 0.25) is 0 Å². The molecule has 7 nitrogen and oxygen atoms in total. The predicted molar refractivity (Wildman–Crippen MR) is 135 cm³/mol. The van der Waals surface area contributed by atoms with Gasteiger partial charge < -0.3 is 10.6 Å². The molecule has 0 radical (unpaired) electrons. The highest BCUT2D eigenvalue weighted by atomic mass is 35.5. The van der Waals surface area contributed by atoms with E-state index in [4.69, 9.17) is 23.2 Å². The summed E-state index contributed by atoms with van der Waals surface area (Å²) < 4.78 is 1.76. The van der Waals surface area contributed by atoms with Crippen molar-refractivity contribution in [2.75, 3.05) is 11.9 Å². The highest BCUT2D eigenvalue weighted by Gasteiger charge is 2.24. The Hall–Kier alpha value is -3.16. The number of halogens is 2. The lowest BCUT2D eigenvalue weighted by Gasteiger charge is -2.16. The molecule has 0 bridgehead atoms. The molecule has 0 aliphatic carbocycles. The van der Waals surface area contributed by atoms with Crippen LogP contribution in [0, 0.1) is 12.8 Å². The topological polar surface area (TPSA) is 93.1 Å². The number of anilines is 1. The maximum absolute atomic E-state index is 13.5. The minimum absolute atomic E-state index is 0.129. The van der Waals surface area contributed by atoms with E-state index in [1.54, 1.807) is 23.7 Å². The number of aromatic nitrogens is 2. The van der Waals surface area contributed by atoms with Crippen LogP contribution in [0.2, 0.25) is 10.0 Å². The Morgan fingerprint density at radius 1 is 1.06 bits per heavy atom. The lowest BCUT2D eigenvalue weighted by molar-refractivity contribution is -0.116. The SMILES string of the molecule is CC(=O)CNC(=O)c1cc(Cl)cc(C)c1NC(=O)c1cnn(CC(C)C)c1-c1ccccc1Cl. The van der Waals surface area contributed by atoms with E-state index in [1.807, 2.05) is 18.2 Å². The van der Waals surface area contributed by atoms with Gasteiger partial charge in [0.05, 0.1) is 35.2 Å². The Labute approximate surface area is 208 Å². The zero-order valence-corrected chi connectivity index (χ0v) is 20.9. The lowest BCUT2D eigenvalue weighted by Crippen LogP contribution is -2.29. The van der Waals surface area contributed by atoms with Crippen molar-refractivity contribution in [1.29, 1.82) is 0 Å². The number of carbonyl (C=O) groups excluding carboxylic acids is 3. The summed E-state index contributed by atoms with van der Waals surface area (Å²) >= 11 is 12.6. The number of amides is 2. The van der Waals surface area contributed by atoms with Crippen molar-refractivity contribution >= 4 is 46.5 Å². The average Bonchev–Trinajstić information content (AvgIpc) is 3.16. The molecule has 0 spiro atoms. The predicted octanol–water partition coefficient (Wildman–Crippen LogP) is 5.39. The van der Waals surface area contributed by atoms with Crippen LogP contribution in [0.3, 0.4) is 0 Å². The number of Topliss-reactive ketones (excluding diaryl/α,β-unsaturated/α-hetero) is 1. The number of rotatable bonds is 8. The zero-order chi connectivity index (χ0) is 25.0. The molecule has 3 aromatic rings. The van der Waals surface area contributed by atoms with E-state index in [9.17, 15) is 14.4 Å². The van der Waals surface area contributed by atoms with Crippen LogP contribution in [0.5, 0.6) is 0 Å². The van der Waals surface area contributed by atoms with Crippen molar-refractivity contribution in [2.45, 2.75) is 34.2 Å². The first-order valence-electron chi connectivity index (χ1n) is 10.8. The minimum atomic E-state index is -0.516. The highest BCUT2D eigenvalue weighted by molar-refractivity contribution is 6.33. The van der Waals surface area contributed by atoms with Gasteiger partial charge >= 0.3 is 0 Å². The molecule has 2 amide bonds. The third-order valence-electron chi connectivity index (χ3n) is 5.03. The average molecular weight is 501 g/mol. The minimum Gasteiger partial charge on any atom is -0.345 e. The number of carbonyl (C=O) groups is 3. The van der Waals surface area contributed by atoms with Crippen LogP contribution in [-0.2, 0) is 11.3 Å². The second kappa shape index (κ2) is 10.8. The normalized spacial score (nSPS) is 10.9. The zero-order valence-electron chi connectivity index (χ0n) is 19.4. The summed E-state index contributed by atoms with van der Waals surface area (Å²) in [7, 11) is 0. The number of hydrogen-bond acceptors (Lipinski definition) is 4. The Morgan fingerprint density at radius 2 is 1.76 bits per heavy atom. The van der Waals surface area contributed by atoms with Crippen LogP contribution in [0.1, 0.15) is 47.1 Å². The number of hydrogen-bond donors (Lipinski definition) is 2. The molecule has 1 aromatic heterocycles. The molecule has 9 heteroatoms. The van der Waals surface area contributed by atoms with Crippen molar-refractivity contribution in [2.24, 2.45) is 5.92 Å². The largest absolute Gasteiger partial charge is 0.345 e. The fraction of sp³-hybridized carbons (Fsp3) is 0.280. The number of aryl methyl sites for hydroxylation is 1. The van der Waals surface area contributed by atoms with Gasteiger partial charge in [-0.2, -0.15) is 5.10 Å². The molecule has 0 aliphatic rings. The number of nitrogens with one attached hydrogen (secondary N) is 2. The quantitative estimate of drug-likeness (QED) is 0.433. The van der Waals surface area contributed by atoms with E-state index in [0.29, 0.717) is 44.7 Å². The Kier molecular flexibility index (Phi) is 8.12. The first kappa shape index (κ1) is 25.5. The summed E-state index contributed by atoms with van der Waals surface area (Å²) in [4.78, 5) is 37.5. The van der Waals surface area contributed by atoms with Gasteiger partial charge in [-0.05, 0) is 43.5 Å². The lowest BCUT2D eigenvalue weighted by atomic mass is 10.0. The van der Waals surface area contributed by atoms with Crippen molar-refractivity contribution in [1.82, 2.24) is 15.1 Å². The van der Waals surface area contributed by atoms with Gasteiger partial charge in [0, 0.05) is 22.2 Å². The van der Waals surface area contributed by atoms with Crippen LogP contribution in [0.15, 0.2) is 42.6 Å². The first-order valence-corrected chi connectivity index (χ1v) is 11.5. The molecule has 3 rings (SSSR count). The Morgan fingerprint density at radius 3 is 2.41 bits per heavy atom. The van der Waals surface area contributed by atoms with Gasteiger partial charge in [-0.15, -0.1) is 0 Å². The molecule has 1 heterocycles. The van der Waals surface area contributed by atoms with E-state index in [2.05, 4.69) is 29.6 Å². The van der Waals surface area contributed by atoms with Gasteiger partial charge in [-0.25, -0.2) is 0 Å². The van der Waals surface area contributed by atoms with E-state index in [1.165, 1.54) is 19.2 Å². The summed E-state index contributed by atoms with van der Waals surface area (Å²) in [6, 6.07) is 10.4. The third-order valence-corrected chi connectivity index (χ3v) is 5.58. The molecule has 2 N–H and O–H groups in total. The van der Waals surface area contributed by atoms with Gasteiger partial charge in [0.25, 0.3) is 11.8 Å². The van der Waals surface area contributed by atoms with Gasteiger partial charge in [0.1, 0.15) is 5.78 Å². The van der Waals surface area contributed by atoms with Crippen LogP contribution in [0.4, 0.5) is 5.69 Å². The number of nitrogens with zero attached hydrogens (tertiary/aromatic N) is 2. The summed E-state index contributed by atoms with van der Waals surface area (Å²) in [6.45, 7) is 7.68. The molecule has 0 saturated heterocycles. The Balaban J connectivity index is 2.04. The Bertz CT molecular complexity index is 1250. The fourth-order valence-electron chi connectivity index (χ4n) is 3.54. The van der Waals surface area contributed by atoms with Crippen molar-refractivity contribution in [3.8, 4) is 11.3 Å². The van der Waals surface area contributed by atoms with Gasteiger partial charge in [-0.3, -0.25) is 19.1 Å². The number of ketones is 1.